The minimum Gasteiger partial charge on any atom is -0.389 e. The molecule has 2 aromatic rings. The normalized spacial score (nSPS) is 17.3. The van der Waals surface area contributed by atoms with E-state index in [9.17, 15) is 0 Å². The van der Waals surface area contributed by atoms with Crippen LogP contribution in [0.5, 0.6) is 0 Å². The van der Waals surface area contributed by atoms with Gasteiger partial charge in [0.05, 0.1) is 0 Å². The highest BCUT2D eigenvalue weighted by Gasteiger charge is 2.27. The molecule has 0 bridgehead atoms. The number of fused-ring (bicyclic) bond motifs is 1. The van der Waals surface area contributed by atoms with E-state index in [2.05, 4.69) is 41.1 Å². The molecule has 2 heterocycles. The predicted octanol–water partition coefficient (Wildman–Crippen LogP) is 2.80. The highest BCUT2D eigenvalue weighted by atomic mass is 32.1. The topological polar surface area (TPSA) is 42.1 Å². The van der Waals surface area contributed by atoms with Crippen molar-refractivity contribution in [3.05, 3.63) is 53.7 Å². The third-order valence-electron chi connectivity index (χ3n) is 3.48. The van der Waals surface area contributed by atoms with Gasteiger partial charge in [0.1, 0.15) is 10.8 Å². The highest BCUT2D eigenvalue weighted by molar-refractivity contribution is 7.80. The summed E-state index contributed by atoms with van der Waals surface area (Å²) in [6.45, 7) is 2.20. The van der Waals surface area contributed by atoms with Crippen molar-refractivity contribution in [2.75, 3.05) is 4.90 Å². The molecule has 0 amide bonds. The average molecular weight is 269 g/mol. The fourth-order valence-corrected chi connectivity index (χ4v) is 2.75. The van der Waals surface area contributed by atoms with E-state index in [1.807, 2.05) is 12.1 Å². The van der Waals surface area contributed by atoms with Crippen molar-refractivity contribution in [3.8, 4) is 0 Å². The quantitative estimate of drug-likeness (QED) is 0.851. The van der Waals surface area contributed by atoms with Crippen LogP contribution in [0.2, 0.25) is 0 Å². The molecule has 1 aliphatic rings. The van der Waals surface area contributed by atoms with Gasteiger partial charge in [0.2, 0.25) is 0 Å². The van der Waals surface area contributed by atoms with Gasteiger partial charge in [-0.25, -0.2) is 4.98 Å². The van der Waals surface area contributed by atoms with Gasteiger partial charge < -0.3 is 10.6 Å². The number of nitrogens with two attached hydrogens (primary N) is 1. The standard InChI is InChI=1S/C15H15N3S/c1-10-8-11-4-2-3-5-13(11)18(10)14-9-12(15(16)19)6-7-17-14/h2-7,9-10H,8H2,1H3,(H2,16,19). The van der Waals surface area contributed by atoms with Gasteiger partial charge in [0, 0.05) is 23.5 Å². The summed E-state index contributed by atoms with van der Waals surface area (Å²) in [5.74, 6) is 0.905. The molecule has 1 atom stereocenters. The van der Waals surface area contributed by atoms with Gasteiger partial charge >= 0.3 is 0 Å². The summed E-state index contributed by atoms with van der Waals surface area (Å²) in [5.41, 5.74) is 9.14. The first-order chi connectivity index (χ1) is 9.16. The Kier molecular flexibility index (Phi) is 2.95. The lowest BCUT2D eigenvalue weighted by Crippen LogP contribution is -2.25. The fraction of sp³-hybridized carbons (Fsp3) is 0.200. The number of para-hydroxylation sites is 1. The number of nitrogens with zero attached hydrogens (tertiary/aromatic N) is 2. The Labute approximate surface area is 118 Å². The van der Waals surface area contributed by atoms with Gasteiger partial charge in [0.15, 0.2) is 0 Å². The zero-order chi connectivity index (χ0) is 13.4. The number of benzene rings is 1. The summed E-state index contributed by atoms with van der Waals surface area (Å²) >= 11 is 5.04. The van der Waals surface area contributed by atoms with Gasteiger partial charge in [-0.15, -0.1) is 0 Å². The lowest BCUT2D eigenvalue weighted by atomic mass is 10.1. The molecule has 1 aromatic heterocycles. The first-order valence-electron chi connectivity index (χ1n) is 6.30. The van der Waals surface area contributed by atoms with Crippen LogP contribution in [-0.2, 0) is 6.42 Å². The zero-order valence-corrected chi connectivity index (χ0v) is 11.5. The summed E-state index contributed by atoms with van der Waals surface area (Å²) in [6.07, 6.45) is 2.80. The minimum atomic E-state index is 0.395. The Morgan fingerprint density at radius 3 is 2.95 bits per heavy atom. The van der Waals surface area contributed by atoms with Crippen molar-refractivity contribution in [2.24, 2.45) is 5.73 Å². The van der Waals surface area contributed by atoms with E-state index in [1.54, 1.807) is 6.20 Å². The van der Waals surface area contributed by atoms with Crippen LogP contribution in [-0.4, -0.2) is 16.0 Å². The zero-order valence-electron chi connectivity index (χ0n) is 10.7. The molecule has 3 rings (SSSR count). The number of pyridine rings is 1. The second-order valence-electron chi connectivity index (χ2n) is 4.82. The van der Waals surface area contributed by atoms with Gasteiger partial charge in [-0.1, -0.05) is 30.4 Å². The molecule has 0 fully saturated rings. The second kappa shape index (κ2) is 4.63. The van der Waals surface area contributed by atoms with E-state index >= 15 is 0 Å². The number of rotatable bonds is 2. The summed E-state index contributed by atoms with van der Waals surface area (Å²) in [7, 11) is 0. The fourth-order valence-electron chi connectivity index (χ4n) is 2.62. The molecule has 3 nitrogen and oxygen atoms in total. The molecule has 0 saturated heterocycles. The third-order valence-corrected chi connectivity index (χ3v) is 3.72. The first kappa shape index (κ1) is 12.1. The molecule has 0 aliphatic carbocycles. The Morgan fingerprint density at radius 2 is 2.16 bits per heavy atom. The molecule has 1 aromatic carbocycles. The molecule has 96 valence electrons. The lowest BCUT2D eigenvalue weighted by molar-refractivity contribution is 0.750. The molecule has 0 radical (unpaired) electrons. The van der Waals surface area contributed by atoms with Gasteiger partial charge in [-0.3, -0.25) is 0 Å². The Hall–Kier alpha value is -1.94. The van der Waals surface area contributed by atoms with E-state index in [0.29, 0.717) is 11.0 Å². The van der Waals surface area contributed by atoms with Crippen LogP contribution in [0, 0.1) is 0 Å². The maximum Gasteiger partial charge on any atom is 0.133 e. The van der Waals surface area contributed by atoms with Crippen molar-refractivity contribution in [2.45, 2.75) is 19.4 Å². The second-order valence-corrected chi connectivity index (χ2v) is 5.26. The average Bonchev–Trinajstić information content (AvgIpc) is 2.74. The van der Waals surface area contributed by atoms with Crippen LogP contribution >= 0.6 is 12.2 Å². The molecule has 19 heavy (non-hydrogen) atoms. The number of hydrogen-bond acceptors (Lipinski definition) is 3. The molecule has 4 heteroatoms. The number of thiocarbonyl (C=S) groups is 1. The minimum absolute atomic E-state index is 0.395. The highest BCUT2D eigenvalue weighted by Crippen LogP contribution is 2.37. The molecule has 2 N–H and O–H groups in total. The predicted molar refractivity (Wildman–Crippen MR) is 81.9 cm³/mol. The smallest absolute Gasteiger partial charge is 0.133 e. The van der Waals surface area contributed by atoms with Crippen molar-refractivity contribution in [1.29, 1.82) is 0 Å². The number of aromatic nitrogens is 1. The van der Waals surface area contributed by atoms with Crippen LogP contribution < -0.4 is 10.6 Å². The Bertz CT molecular complexity index is 639. The van der Waals surface area contributed by atoms with E-state index in [-0.39, 0.29) is 0 Å². The van der Waals surface area contributed by atoms with Gasteiger partial charge in [-0.05, 0) is 37.1 Å². The molecular formula is C15H15N3S. The summed E-state index contributed by atoms with van der Waals surface area (Å²) < 4.78 is 0. The van der Waals surface area contributed by atoms with E-state index in [4.69, 9.17) is 18.0 Å². The third kappa shape index (κ3) is 2.08. The molecule has 1 aliphatic heterocycles. The van der Waals surface area contributed by atoms with Crippen molar-refractivity contribution < 1.29 is 0 Å². The lowest BCUT2D eigenvalue weighted by Gasteiger charge is -2.24. The van der Waals surface area contributed by atoms with E-state index in [0.717, 1.165) is 17.8 Å². The molecular weight excluding hydrogens is 254 g/mol. The van der Waals surface area contributed by atoms with Crippen LogP contribution in [0.25, 0.3) is 0 Å². The molecule has 0 saturated carbocycles. The summed E-state index contributed by atoms with van der Waals surface area (Å²) in [5, 5.41) is 0. The molecule has 1 unspecified atom stereocenters. The van der Waals surface area contributed by atoms with Crippen LogP contribution in [0.3, 0.4) is 0 Å². The maximum absolute atomic E-state index is 5.70. The van der Waals surface area contributed by atoms with Gasteiger partial charge in [-0.2, -0.15) is 0 Å². The Morgan fingerprint density at radius 1 is 1.37 bits per heavy atom. The van der Waals surface area contributed by atoms with Crippen molar-refractivity contribution in [3.63, 3.8) is 0 Å². The maximum atomic E-state index is 5.70. The van der Waals surface area contributed by atoms with Crippen molar-refractivity contribution in [1.82, 2.24) is 4.98 Å². The van der Waals surface area contributed by atoms with Crippen LogP contribution in [0.1, 0.15) is 18.1 Å². The molecule has 0 spiro atoms. The van der Waals surface area contributed by atoms with E-state index < -0.39 is 0 Å². The number of hydrogen-bond donors (Lipinski definition) is 1. The Balaban J connectivity index is 2.07. The van der Waals surface area contributed by atoms with Crippen LogP contribution in [0.15, 0.2) is 42.6 Å². The summed E-state index contributed by atoms with van der Waals surface area (Å²) in [6, 6.07) is 12.6. The van der Waals surface area contributed by atoms with Crippen LogP contribution in [0.4, 0.5) is 11.5 Å². The summed E-state index contributed by atoms with van der Waals surface area (Å²) in [4.78, 5) is 7.12. The first-order valence-corrected chi connectivity index (χ1v) is 6.70. The SMILES string of the molecule is CC1Cc2ccccc2N1c1cc(C(N)=S)ccn1. The van der Waals surface area contributed by atoms with Gasteiger partial charge in [0.25, 0.3) is 0 Å². The number of anilines is 2. The monoisotopic (exact) mass is 269 g/mol. The largest absolute Gasteiger partial charge is 0.389 e. The van der Waals surface area contributed by atoms with Crippen molar-refractivity contribution >= 4 is 28.7 Å². The van der Waals surface area contributed by atoms with E-state index in [1.165, 1.54) is 11.3 Å².